The number of Topliss-reactive ketones (excluding diaryl/α,β-unsaturated/α-hetero) is 1. The number of carbonyl (C=O) groups excluding carboxylic acids is 2. The first kappa shape index (κ1) is 21.5. The number of rotatable bonds is 1. The average molecular weight is 456 g/mol. The van der Waals surface area contributed by atoms with Gasteiger partial charge < -0.3 is 10.1 Å². The summed E-state index contributed by atoms with van der Waals surface area (Å²) in [5.74, 6) is 0.203. The van der Waals surface area contributed by atoms with E-state index in [0.29, 0.717) is 34.8 Å². The van der Waals surface area contributed by atoms with Crippen molar-refractivity contribution in [2.75, 3.05) is 18.4 Å². The highest BCUT2D eigenvalue weighted by Gasteiger charge is 2.74. The van der Waals surface area contributed by atoms with Gasteiger partial charge in [0.25, 0.3) is 0 Å². The number of piperidine rings is 1. The lowest BCUT2D eigenvalue weighted by atomic mass is 9.60. The molecule has 1 aliphatic carbocycles. The third kappa shape index (κ3) is 2.50. The molecule has 1 aromatic rings. The van der Waals surface area contributed by atoms with Gasteiger partial charge in [-0.3, -0.25) is 24.9 Å². The Kier molecular flexibility index (Phi) is 4.15. The van der Waals surface area contributed by atoms with Gasteiger partial charge in [0, 0.05) is 12.6 Å². The Bertz CT molecular complexity index is 1080. The SMILES string of the molecule is CC1(C)CC(=O)c2c(ccc3c2NC(=O)C32CC3(N(O)O)CN4CCCC4CC3C2(C)C)O1. The van der Waals surface area contributed by atoms with Crippen LogP contribution in [0.25, 0.3) is 0 Å². The Hall–Kier alpha value is -2.00. The van der Waals surface area contributed by atoms with E-state index in [9.17, 15) is 20.0 Å². The molecule has 178 valence electrons. The van der Waals surface area contributed by atoms with Crippen LogP contribution in [0, 0.1) is 11.3 Å². The molecule has 4 atom stereocenters. The summed E-state index contributed by atoms with van der Waals surface area (Å²) in [7, 11) is 0. The summed E-state index contributed by atoms with van der Waals surface area (Å²) in [5, 5.41) is 24.7. The number of anilines is 1. The molecule has 8 nitrogen and oxygen atoms in total. The van der Waals surface area contributed by atoms with Crippen LogP contribution in [0.15, 0.2) is 12.1 Å². The summed E-state index contributed by atoms with van der Waals surface area (Å²) in [6.07, 6.45) is 3.56. The van der Waals surface area contributed by atoms with Gasteiger partial charge in [-0.2, -0.15) is 0 Å². The lowest BCUT2D eigenvalue weighted by Gasteiger charge is -2.50. The highest BCUT2D eigenvalue weighted by Crippen LogP contribution is 2.68. The zero-order valence-corrected chi connectivity index (χ0v) is 19.8. The molecule has 5 aliphatic rings. The van der Waals surface area contributed by atoms with Crippen molar-refractivity contribution >= 4 is 17.4 Å². The minimum absolute atomic E-state index is 0.0371. The van der Waals surface area contributed by atoms with E-state index in [-0.39, 0.29) is 30.4 Å². The van der Waals surface area contributed by atoms with Crippen molar-refractivity contribution in [1.29, 1.82) is 0 Å². The molecule has 1 aromatic carbocycles. The zero-order chi connectivity index (χ0) is 23.6. The van der Waals surface area contributed by atoms with Crippen molar-refractivity contribution in [3.05, 3.63) is 23.3 Å². The van der Waals surface area contributed by atoms with Crippen LogP contribution in [-0.2, 0) is 10.2 Å². The lowest BCUT2D eigenvalue weighted by Crippen LogP contribution is -2.62. The van der Waals surface area contributed by atoms with E-state index in [1.165, 1.54) is 0 Å². The smallest absolute Gasteiger partial charge is 0.235 e. The molecule has 4 unspecified atom stereocenters. The number of ether oxygens (including phenoxy) is 1. The monoisotopic (exact) mass is 455 g/mol. The molecule has 33 heavy (non-hydrogen) atoms. The molecule has 2 saturated heterocycles. The molecule has 3 N–H and O–H groups in total. The van der Waals surface area contributed by atoms with E-state index < -0.39 is 22.0 Å². The number of amides is 1. The Balaban J connectivity index is 1.53. The molecule has 8 heteroatoms. The number of nitrogens with one attached hydrogen (secondary N) is 1. The number of ketones is 1. The van der Waals surface area contributed by atoms with E-state index >= 15 is 0 Å². The van der Waals surface area contributed by atoms with E-state index in [1.54, 1.807) is 0 Å². The Morgan fingerprint density at radius 1 is 1.18 bits per heavy atom. The predicted octanol–water partition coefficient (Wildman–Crippen LogP) is 3.35. The van der Waals surface area contributed by atoms with Gasteiger partial charge in [0.2, 0.25) is 5.91 Å². The molecule has 1 saturated carbocycles. The third-order valence-corrected chi connectivity index (χ3v) is 9.58. The first-order valence-corrected chi connectivity index (χ1v) is 12.1. The van der Waals surface area contributed by atoms with Gasteiger partial charge in [0.05, 0.1) is 28.6 Å². The number of hydrogen-bond donors (Lipinski definition) is 3. The standard InChI is InChI=1S/C25H33N3O5/c1-22(2)11-16(29)19-17(33-22)8-7-15-20(19)26-21(30)25(15)12-24(28(31)32)13-27-9-5-6-14(27)10-18(24)23(25,3)4/h7-8,14,18,31-32H,5-6,9-13H2,1-4H3,(H,26,30). The van der Waals surface area contributed by atoms with Crippen LogP contribution in [0.1, 0.15) is 75.7 Å². The van der Waals surface area contributed by atoms with Gasteiger partial charge >= 0.3 is 0 Å². The van der Waals surface area contributed by atoms with Crippen molar-refractivity contribution in [3.8, 4) is 5.75 Å². The van der Waals surface area contributed by atoms with E-state index in [2.05, 4.69) is 24.1 Å². The maximum absolute atomic E-state index is 13.9. The molecule has 1 spiro atoms. The van der Waals surface area contributed by atoms with Crippen molar-refractivity contribution in [3.63, 3.8) is 0 Å². The molecule has 0 radical (unpaired) electrons. The number of nitrogens with zero attached hydrogens (tertiary/aromatic N) is 2. The Morgan fingerprint density at radius 2 is 1.94 bits per heavy atom. The maximum atomic E-state index is 13.9. The second-order valence-electron chi connectivity index (χ2n) is 12.0. The predicted molar refractivity (Wildman–Crippen MR) is 120 cm³/mol. The summed E-state index contributed by atoms with van der Waals surface area (Å²) in [6.45, 7) is 9.41. The van der Waals surface area contributed by atoms with Gasteiger partial charge in [0.1, 0.15) is 11.4 Å². The largest absolute Gasteiger partial charge is 0.487 e. The molecule has 0 bridgehead atoms. The van der Waals surface area contributed by atoms with Gasteiger partial charge in [-0.05, 0) is 69.0 Å². The fourth-order valence-corrected chi connectivity index (χ4v) is 8.12. The topological polar surface area (TPSA) is 102 Å². The molecule has 4 aliphatic heterocycles. The normalized spacial score (nSPS) is 38.0. The second kappa shape index (κ2) is 6.36. The summed E-state index contributed by atoms with van der Waals surface area (Å²) in [4.78, 5) is 29.4. The third-order valence-electron chi connectivity index (χ3n) is 9.58. The summed E-state index contributed by atoms with van der Waals surface area (Å²) in [6, 6.07) is 4.13. The Labute approximate surface area is 193 Å². The quantitative estimate of drug-likeness (QED) is 0.558. The molecule has 4 heterocycles. The summed E-state index contributed by atoms with van der Waals surface area (Å²) in [5.41, 5.74) is -1.31. The van der Waals surface area contributed by atoms with Gasteiger partial charge in [-0.15, -0.1) is 0 Å². The van der Waals surface area contributed by atoms with Crippen molar-refractivity contribution in [1.82, 2.24) is 10.1 Å². The fraction of sp³-hybridized carbons (Fsp3) is 0.680. The van der Waals surface area contributed by atoms with Crippen LogP contribution in [0.3, 0.4) is 0 Å². The minimum atomic E-state index is -0.973. The number of hydroxylamine groups is 2. The number of hydrogen-bond acceptors (Lipinski definition) is 7. The van der Waals surface area contributed by atoms with Crippen LogP contribution in [0.5, 0.6) is 5.75 Å². The van der Waals surface area contributed by atoms with Gasteiger partial charge in [-0.1, -0.05) is 25.1 Å². The molecule has 3 fully saturated rings. The van der Waals surface area contributed by atoms with Crippen LogP contribution in [-0.4, -0.2) is 62.5 Å². The first-order valence-electron chi connectivity index (χ1n) is 12.1. The molecule has 0 aromatic heterocycles. The first-order chi connectivity index (χ1) is 15.4. The number of fused-ring (bicyclic) bond motifs is 6. The average Bonchev–Trinajstić information content (AvgIpc) is 3.33. The van der Waals surface area contributed by atoms with Crippen LogP contribution in [0.4, 0.5) is 5.69 Å². The zero-order valence-electron chi connectivity index (χ0n) is 19.8. The van der Waals surface area contributed by atoms with Crippen LogP contribution < -0.4 is 10.1 Å². The summed E-state index contributed by atoms with van der Waals surface area (Å²) >= 11 is 0. The van der Waals surface area contributed by atoms with Gasteiger partial charge in [-0.25, -0.2) is 0 Å². The van der Waals surface area contributed by atoms with Crippen LogP contribution >= 0.6 is 0 Å². The van der Waals surface area contributed by atoms with Gasteiger partial charge in [0.15, 0.2) is 5.78 Å². The van der Waals surface area contributed by atoms with E-state index in [0.717, 1.165) is 31.4 Å². The van der Waals surface area contributed by atoms with Crippen molar-refractivity contribution in [2.24, 2.45) is 11.3 Å². The lowest BCUT2D eigenvalue weighted by molar-refractivity contribution is -0.379. The van der Waals surface area contributed by atoms with Crippen molar-refractivity contribution < 1.29 is 24.7 Å². The van der Waals surface area contributed by atoms with E-state index in [4.69, 9.17) is 4.74 Å². The minimum Gasteiger partial charge on any atom is -0.487 e. The van der Waals surface area contributed by atoms with Crippen LogP contribution in [0.2, 0.25) is 0 Å². The van der Waals surface area contributed by atoms with E-state index in [1.807, 2.05) is 26.0 Å². The Morgan fingerprint density at radius 3 is 2.67 bits per heavy atom. The number of carbonyl (C=O) groups is 2. The number of benzene rings is 1. The highest BCUT2D eigenvalue weighted by atomic mass is 16.8. The second-order valence-corrected chi connectivity index (χ2v) is 12.0. The maximum Gasteiger partial charge on any atom is 0.235 e. The molecule has 6 rings (SSSR count). The molecule has 1 amide bonds. The highest BCUT2D eigenvalue weighted by molar-refractivity contribution is 6.15. The summed E-state index contributed by atoms with van der Waals surface area (Å²) < 4.78 is 6.09. The molecular weight excluding hydrogens is 422 g/mol. The molecular formula is C25H33N3O5. The fourth-order valence-electron chi connectivity index (χ4n) is 8.12. The van der Waals surface area contributed by atoms with Crippen molar-refractivity contribution in [2.45, 2.75) is 82.4 Å².